The van der Waals surface area contributed by atoms with Gasteiger partial charge in [0.1, 0.15) is 0 Å². The molecule has 0 unspecified atom stereocenters. The first-order chi connectivity index (χ1) is 10.2. The predicted octanol–water partition coefficient (Wildman–Crippen LogP) is 5.19. The standard InChI is InChI=1S/C18H15ClN2/c1-14-4-8-16(9-5-14)20-13-18-3-2-12-21(18)17-10-6-15(19)7-11-17/h2-13H,1H3. The van der Waals surface area contributed by atoms with E-state index in [2.05, 4.69) is 28.6 Å². The number of aryl methyl sites for hydroxylation is 1. The molecule has 0 saturated carbocycles. The number of rotatable bonds is 3. The van der Waals surface area contributed by atoms with Gasteiger partial charge in [-0.05, 0) is 55.5 Å². The van der Waals surface area contributed by atoms with E-state index >= 15 is 0 Å². The van der Waals surface area contributed by atoms with Gasteiger partial charge in [0.15, 0.2) is 0 Å². The molecule has 0 aliphatic carbocycles. The van der Waals surface area contributed by atoms with Crippen LogP contribution in [0.5, 0.6) is 0 Å². The molecule has 0 radical (unpaired) electrons. The van der Waals surface area contributed by atoms with Gasteiger partial charge in [-0.2, -0.15) is 0 Å². The zero-order chi connectivity index (χ0) is 14.7. The van der Waals surface area contributed by atoms with Crippen molar-refractivity contribution in [1.29, 1.82) is 0 Å². The summed E-state index contributed by atoms with van der Waals surface area (Å²) in [4.78, 5) is 4.52. The van der Waals surface area contributed by atoms with Crippen molar-refractivity contribution in [2.24, 2.45) is 4.99 Å². The minimum atomic E-state index is 0.737. The van der Waals surface area contributed by atoms with Gasteiger partial charge in [0.05, 0.1) is 17.6 Å². The third kappa shape index (κ3) is 3.23. The van der Waals surface area contributed by atoms with Crippen molar-refractivity contribution >= 4 is 23.5 Å². The van der Waals surface area contributed by atoms with E-state index in [0.29, 0.717) is 0 Å². The summed E-state index contributed by atoms with van der Waals surface area (Å²) < 4.78 is 2.08. The molecule has 0 fully saturated rings. The number of nitrogens with zero attached hydrogens (tertiary/aromatic N) is 2. The highest BCUT2D eigenvalue weighted by Gasteiger charge is 2.01. The van der Waals surface area contributed by atoms with Crippen molar-refractivity contribution in [2.45, 2.75) is 6.92 Å². The quantitative estimate of drug-likeness (QED) is 0.592. The first-order valence-corrected chi connectivity index (χ1v) is 7.14. The fourth-order valence-corrected chi connectivity index (χ4v) is 2.23. The molecular weight excluding hydrogens is 280 g/mol. The normalized spacial score (nSPS) is 11.1. The average Bonchev–Trinajstić information content (AvgIpc) is 2.96. The molecule has 0 spiro atoms. The van der Waals surface area contributed by atoms with Gasteiger partial charge in [0.25, 0.3) is 0 Å². The first kappa shape index (κ1) is 13.7. The highest BCUT2D eigenvalue weighted by Crippen LogP contribution is 2.17. The third-order valence-electron chi connectivity index (χ3n) is 3.26. The molecule has 104 valence electrons. The Balaban J connectivity index is 1.88. The lowest BCUT2D eigenvalue weighted by atomic mass is 10.2. The van der Waals surface area contributed by atoms with Crippen molar-refractivity contribution < 1.29 is 0 Å². The van der Waals surface area contributed by atoms with Gasteiger partial charge in [-0.1, -0.05) is 29.3 Å². The maximum atomic E-state index is 5.93. The van der Waals surface area contributed by atoms with Gasteiger partial charge >= 0.3 is 0 Å². The number of aliphatic imine (C=N–C) groups is 1. The fraction of sp³-hybridized carbons (Fsp3) is 0.0556. The van der Waals surface area contributed by atoms with Crippen molar-refractivity contribution in [1.82, 2.24) is 4.57 Å². The Kier molecular flexibility index (Phi) is 3.89. The minimum absolute atomic E-state index is 0.737. The van der Waals surface area contributed by atoms with Crippen LogP contribution in [-0.4, -0.2) is 10.8 Å². The molecule has 0 aliphatic rings. The Hall–Kier alpha value is -2.32. The average molecular weight is 295 g/mol. The van der Waals surface area contributed by atoms with E-state index in [4.69, 9.17) is 11.6 Å². The lowest BCUT2D eigenvalue weighted by Crippen LogP contribution is -1.97. The van der Waals surface area contributed by atoms with Crippen LogP contribution in [0.4, 0.5) is 5.69 Å². The second kappa shape index (κ2) is 5.98. The summed E-state index contributed by atoms with van der Waals surface area (Å²) >= 11 is 5.93. The molecule has 3 rings (SSSR count). The van der Waals surface area contributed by atoms with E-state index < -0.39 is 0 Å². The van der Waals surface area contributed by atoms with Crippen LogP contribution in [0.25, 0.3) is 5.69 Å². The largest absolute Gasteiger partial charge is 0.316 e. The number of hydrogen-bond donors (Lipinski definition) is 0. The molecule has 21 heavy (non-hydrogen) atoms. The molecule has 2 nitrogen and oxygen atoms in total. The fourth-order valence-electron chi connectivity index (χ4n) is 2.11. The maximum Gasteiger partial charge on any atom is 0.0639 e. The van der Waals surface area contributed by atoms with Crippen LogP contribution in [0.3, 0.4) is 0 Å². The number of aromatic nitrogens is 1. The number of hydrogen-bond acceptors (Lipinski definition) is 1. The van der Waals surface area contributed by atoms with Crippen LogP contribution >= 0.6 is 11.6 Å². The van der Waals surface area contributed by atoms with Crippen LogP contribution in [0.2, 0.25) is 5.02 Å². The van der Waals surface area contributed by atoms with Gasteiger partial charge in [0.2, 0.25) is 0 Å². The maximum absolute atomic E-state index is 5.93. The molecule has 1 heterocycles. The van der Waals surface area contributed by atoms with E-state index in [9.17, 15) is 0 Å². The van der Waals surface area contributed by atoms with Crippen molar-refractivity contribution in [3.05, 3.63) is 83.1 Å². The molecule has 0 bridgehead atoms. The van der Waals surface area contributed by atoms with Crippen LogP contribution in [0, 0.1) is 6.92 Å². The molecule has 3 heteroatoms. The van der Waals surface area contributed by atoms with Crippen molar-refractivity contribution in [2.75, 3.05) is 0 Å². The number of halogens is 1. The molecule has 0 N–H and O–H groups in total. The second-order valence-electron chi connectivity index (χ2n) is 4.87. The summed E-state index contributed by atoms with van der Waals surface area (Å²) in [6, 6.07) is 19.9. The predicted molar refractivity (Wildman–Crippen MR) is 89.2 cm³/mol. The van der Waals surface area contributed by atoms with E-state index in [1.807, 2.05) is 60.9 Å². The van der Waals surface area contributed by atoms with E-state index in [0.717, 1.165) is 22.1 Å². The summed E-state index contributed by atoms with van der Waals surface area (Å²) in [5.74, 6) is 0. The van der Waals surface area contributed by atoms with Gasteiger partial charge in [-0.3, -0.25) is 4.99 Å². The monoisotopic (exact) mass is 294 g/mol. The molecule has 2 aromatic carbocycles. The zero-order valence-corrected chi connectivity index (χ0v) is 12.5. The van der Waals surface area contributed by atoms with Gasteiger partial charge in [-0.15, -0.1) is 0 Å². The molecule has 1 aromatic heterocycles. The highest BCUT2D eigenvalue weighted by molar-refractivity contribution is 6.30. The summed E-state index contributed by atoms with van der Waals surface area (Å²) in [7, 11) is 0. The summed E-state index contributed by atoms with van der Waals surface area (Å²) in [5.41, 5.74) is 4.27. The topological polar surface area (TPSA) is 17.3 Å². The molecule has 0 atom stereocenters. The smallest absolute Gasteiger partial charge is 0.0639 e. The summed E-state index contributed by atoms with van der Waals surface area (Å²) in [6.45, 7) is 2.07. The third-order valence-corrected chi connectivity index (χ3v) is 3.52. The molecule has 0 amide bonds. The second-order valence-corrected chi connectivity index (χ2v) is 5.31. The molecular formula is C18H15ClN2. The lowest BCUT2D eigenvalue weighted by molar-refractivity contribution is 1.07. The molecule has 3 aromatic rings. The van der Waals surface area contributed by atoms with Crippen LogP contribution in [0.1, 0.15) is 11.3 Å². The van der Waals surface area contributed by atoms with Gasteiger partial charge in [-0.25, -0.2) is 0 Å². The number of benzene rings is 2. The van der Waals surface area contributed by atoms with E-state index in [1.165, 1.54) is 5.56 Å². The highest BCUT2D eigenvalue weighted by atomic mass is 35.5. The van der Waals surface area contributed by atoms with Crippen molar-refractivity contribution in [3.63, 3.8) is 0 Å². The molecule has 0 saturated heterocycles. The Morgan fingerprint density at radius 3 is 2.38 bits per heavy atom. The van der Waals surface area contributed by atoms with Crippen LogP contribution in [-0.2, 0) is 0 Å². The summed E-state index contributed by atoms with van der Waals surface area (Å²) in [6.07, 6.45) is 3.89. The van der Waals surface area contributed by atoms with Crippen molar-refractivity contribution in [3.8, 4) is 5.69 Å². The van der Waals surface area contributed by atoms with Crippen LogP contribution in [0.15, 0.2) is 71.9 Å². The Bertz CT molecular complexity index is 753. The summed E-state index contributed by atoms with van der Waals surface area (Å²) in [5, 5.41) is 0.737. The van der Waals surface area contributed by atoms with Gasteiger partial charge in [0, 0.05) is 16.9 Å². The minimum Gasteiger partial charge on any atom is -0.316 e. The van der Waals surface area contributed by atoms with E-state index in [1.54, 1.807) is 0 Å². The van der Waals surface area contributed by atoms with Crippen LogP contribution < -0.4 is 0 Å². The Labute approximate surface area is 129 Å². The zero-order valence-electron chi connectivity index (χ0n) is 11.7. The van der Waals surface area contributed by atoms with Gasteiger partial charge < -0.3 is 4.57 Å². The van der Waals surface area contributed by atoms with E-state index in [-0.39, 0.29) is 0 Å². The molecule has 0 aliphatic heterocycles. The SMILES string of the molecule is Cc1ccc(N=Cc2cccn2-c2ccc(Cl)cc2)cc1. The Morgan fingerprint density at radius 2 is 1.67 bits per heavy atom. The first-order valence-electron chi connectivity index (χ1n) is 6.76. The Morgan fingerprint density at radius 1 is 0.952 bits per heavy atom. The lowest BCUT2D eigenvalue weighted by Gasteiger charge is -2.06.